The standard InChI is InChI=1S/C16H23N3O4S/c1-4-17-16(22)11(2)18-14(20)9-24-10-15(21)19-12-5-7-13(23-3)8-6-12/h5-8,11H,4,9-10H2,1-3H3,(H,17,22)(H,18,20)(H,19,21)/t11-/m1/s1. The van der Waals surface area contributed by atoms with Gasteiger partial charge in [-0.05, 0) is 38.1 Å². The average molecular weight is 353 g/mol. The second-order valence-electron chi connectivity index (χ2n) is 4.95. The first kappa shape index (κ1) is 19.8. The number of amides is 3. The van der Waals surface area contributed by atoms with E-state index in [0.29, 0.717) is 18.0 Å². The second-order valence-corrected chi connectivity index (χ2v) is 5.94. The fourth-order valence-corrected chi connectivity index (χ4v) is 2.41. The van der Waals surface area contributed by atoms with Crippen molar-refractivity contribution in [2.75, 3.05) is 30.5 Å². The fraction of sp³-hybridized carbons (Fsp3) is 0.438. The molecule has 3 amide bonds. The van der Waals surface area contributed by atoms with Crippen LogP contribution in [0.4, 0.5) is 5.69 Å². The number of benzene rings is 1. The van der Waals surface area contributed by atoms with E-state index < -0.39 is 6.04 Å². The zero-order chi connectivity index (χ0) is 17.9. The van der Waals surface area contributed by atoms with Gasteiger partial charge in [0.25, 0.3) is 0 Å². The van der Waals surface area contributed by atoms with Crippen LogP contribution in [-0.2, 0) is 14.4 Å². The molecule has 0 aromatic heterocycles. The lowest BCUT2D eigenvalue weighted by molar-refractivity contribution is -0.127. The van der Waals surface area contributed by atoms with Gasteiger partial charge in [0.05, 0.1) is 18.6 Å². The van der Waals surface area contributed by atoms with E-state index in [-0.39, 0.29) is 29.2 Å². The molecule has 1 aromatic rings. The maximum atomic E-state index is 11.8. The van der Waals surface area contributed by atoms with E-state index in [4.69, 9.17) is 4.74 Å². The minimum Gasteiger partial charge on any atom is -0.497 e. The first-order valence-corrected chi connectivity index (χ1v) is 8.70. The predicted molar refractivity (Wildman–Crippen MR) is 95.2 cm³/mol. The summed E-state index contributed by atoms with van der Waals surface area (Å²) in [5, 5.41) is 7.94. The summed E-state index contributed by atoms with van der Waals surface area (Å²) in [7, 11) is 1.57. The Morgan fingerprint density at radius 2 is 1.75 bits per heavy atom. The molecule has 0 aliphatic heterocycles. The lowest BCUT2D eigenvalue weighted by atomic mass is 10.3. The van der Waals surface area contributed by atoms with Crippen LogP contribution < -0.4 is 20.7 Å². The maximum absolute atomic E-state index is 11.8. The van der Waals surface area contributed by atoms with Crippen molar-refractivity contribution in [2.45, 2.75) is 19.9 Å². The molecule has 0 saturated carbocycles. The number of methoxy groups -OCH3 is 1. The van der Waals surface area contributed by atoms with Gasteiger partial charge in [-0.1, -0.05) is 0 Å². The third kappa shape index (κ3) is 7.36. The van der Waals surface area contributed by atoms with Gasteiger partial charge in [-0.2, -0.15) is 0 Å². The van der Waals surface area contributed by atoms with E-state index in [2.05, 4.69) is 16.0 Å². The Hall–Kier alpha value is -2.22. The molecular formula is C16H23N3O4S. The highest BCUT2D eigenvalue weighted by Crippen LogP contribution is 2.15. The van der Waals surface area contributed by atoms with Gasteiger partial charge in [-0.25, -0.2) is 0 Å². The monoisotopic (exact) mass is 353 g/mol. The van der Waals surface area contributed by atoms with Crippen LogP contribution in [0.1, 0.15) is 13.8 Å². The minimum atomic E-state index is -0.592. The summed E-state index contributed by atoms with van der Waals surface area (Å²) < 4.78 is 5.04. The zero-order valence-electron chi connectivity index (χ0n) is 14.0. The minimum absolute atomic E-state index is 0.111. The van der Waals surface area contributed by atoms with E-state index >= 15 is 0 Å². The molecule has 8 heteroatoms. The smallest absolute Gasteiger partial charge is 0.242 e. The number of likely N-dealkylation sites (N-methyl/N-ethyl adjacent to an activating group) is 1. The lowest BCUT2D eigenvalue weighted by Gasteiger charge is -2.13. The van der Waals surface area contributed by atoms with E-state index in [1.807, 2.05) is 6.92 Å². The van der Waals surface area contributed by atoms with Crippen molar-refractivity contribution in [3.8, 4) is 5.75 Å². The van der Waals surface area contributed by atoms with Crippen LogP contribution in [0.2, 0.25) is 0 Å². The zero-order valence-corrected chi connectivity index (χ0v) is 14.9. The fourth-order valence-electron chi connectivity index (χ4n) is 1.78. The number of ether oxygens (including phenoxy) is 1. The summed E-state index contributed by atoms with van der Waals surface area (Å²) in [6.45, 7) is 3.94. The van der Waals surface area contributed by atoms with Gasteiger partial charge < -0.3 is 20.7 Å². The van der Waals surface area contributed by atoms with Crippen LogP contribution in [0.5, 0.6) is 5.75 Å². The van der Waals surface area contributed by atoms with Gasteiger partial charge in [0.1, 0.15) is 11.8 Å². The van der Waals surface area contributed by atoms with Gasteiger partial charge in [-0.15, -0.1) is 11.8 Å². The van der Waals surface area contributed by atoms with Crippen LogP contribution in [0.3, 0.4) is 0 Å². The number of hydrogen-bond donors (Lipinski definition) is 3. The Morgan fingerprint density at radius 3 is 2.33 bits per heavy atom. The molecule has 1 rings (SSSR count). The molecule has 0 unspecified atom stereocenters. The highest BCUT2D eigenvalue weighted by molar-refractivity contribution is 8.00. The van der Waals surface area contributed by atoms with Crippen molar-refractivity contribution in [2.24, 2.45) is 0 Å². The highest BCUT2D eigenvalue weighted by atomic mass is 32.2. The number of carbonyl (C=O) groups is 3. The van der Waals surface area contributed by atoms with Gasteiger partial charge in [0.2, 0.25) is 17.7 Å². The van der Waals surface area contributed by atoms with E-state index in [1.54, 1.807) is 38.3 Å². The average Bonchev–Trinajstić information content (AvgIpc) is 2.55. The molecule has 0 bridgehead atoms. The third-order valence-corrected chi connectivity index (χ3v) is 3.89. The molecule has 3 N–H and O–H groups in total. The summed E-state index contributed by atoms with van der Waals surface area (Å²) in [5.41, 5.74) is 0.663. The van der Waals surface area contributed by atoms with Crippen LogP contribution >= 0.6 is 11.8 Å². The molecule has 1 atom stereocenters. The SMILES string of the molecule is CCNC(=O)[C@@H](C)NC(=O)CSCC(=O)Nc1ccc(OC)cc1. The number of anilines is 1. The molecule has 0 spiro atoms. The lowest BCUT2D eigenvalue weighted by Crippen LogP contribution is -2.45. The molecule has 0 radical (unpaired) electrons. The van der Waals surface area contributed by atoms with Crippen molar-refractivity contribution in [1.82, 2.24) is 10.6 Å². The molecule has 0 aliphatic rings. The largest absolute Gasteiger partial charge is 0.497 e. The molecule has 0 saturated heterocycles. The molecule has 7 nitrogen and oxygen atoms in total. The molecule has 24 heavy (non-hydrogen) atoms. The van der Waals surface area contributed by atoms with Crippen molar-refractivity contribution in [3.63, 3.8) is 0 Å². The molecule has 0 fully saturated rings. The molecule has 0 heterocycles. The maximum Gasteiger partial charge on any atom is 0.242 e. The number of nitrogens with one attached hydrogen (secondary N) is 3. The van der Waals surface area contributed by atoms with Crippen molar-refractivity contribution in [1.29, 1.82) is 0 Å². The first-order chi connectivity index (χ1) is 11.5. The highest BCUT2D eigenvalue weighted by Gasteiger charge is 2.14. The third-order valence-electron chi connectivity index (χ3n) is 2.96. The predicted octanol–water partition coefficient (Wildman–Crippen LogP) is 1.01. The van der Waals surface area contributed by atoms with Crippen LogP contribution in [0, 0.1) is 0 Å². The number of thioether (sulfide) groups is 1. The Labute approximate surface area is 145 Å². The van der Waals surface area contributed by atoms with Crippen molar-refractivity contribution in [3.05, 3.63) is 24.3 Å². The van der Waals surface area contributed by atoms with Crippen LogP contribution in [0.15, 0.2) is 24.3 Å². The Balaban J connectivity index is 2.26. The van der Waals surface area contributed by atoms with Crippen LogP contribution in [0.25, 0.3) is 0 Å². The normalized spacial score (nSPS) is 11.3. The molecule has 0 aliphatic carbocycles. The van der Waals surface area contributed by atoms with Gasteiger partial charge in [0.15, 0.2) is 0 Å². The van der Waals surface area contributed by atoms with Crippen molar-refractivity contribution < 1.29 is 19.1 Å². The summed E-state index contributed by atoms with van der Waals surface area (Å²) in [6, 6.07) is 6.38. The molecule has 132 valence electrons. The van der Waals surface area contributed by atoms with Gasteiger partial charge in [-0.3, -0.25) is 14.4 Å². The van der Waals surface area contributed by atoms with Gasteiger partial charge in [0, 0.05) is 12.2 Å². The number of hydrogen-bond acceptors (Lipinski definition) is 5. The van der Waals surface area contributed by atoms with E-state index in [1.165, 1.54) is 11.8 Å². The summed E-state index contributed by atoms with van der Waals surface area (Å²) in [4.78, 5) is 35.0. The Morgan fingerprint density at radius 1 is 1.12 bits per heavy atom. The quantitative estimate of drug-likeness (QED) is 0.616. The van der Waals surface area contributed by atoms with Crippen LogP contribution in [-0.4, -0.2) is 48.9 Å². The summed E-state index contributed by atoms with van der Waals surface area (Å²) in [6.07, 6.45) is 0. The summed E-state index contributed by atoms with van der Waals surface area (Å²) in [5.74, 6) is 0.258. The summed E-state index contributed by atoms with van der Waals surface area (Å²) >= 11 is 1.18. The van der Waals surface area contributed by atoms with Gasteiger partial charge >= 0.3 is 0 Å². The Kier molecular flexibility index (Phi) is 8.70. The van der Waals surface area contributed by atoms with Crippen molar-refractivity contribution >= 4 is 35.2 Å². The Bertz CT molecular complexity index is 563. The van der Waals surface area contributed by atoms with E-state index in [0.717, 1.165) is 0 Å². The van der Waals surface area contributed by atoms with E-state index in [9.17, 15) is 14.4 Å². The molecular weight excluding hydrogens is 330 g/mol. The second kappa shape index (κ2) is 10.5. The topological polar surface area (TPSA) is 96.5 Å². The number of carbonyl (C=O) groups excluding carboxylic acids is 3. The number of rotatable bonds is 9. The first-order valence-electron chi connectivity index (χ1n) is 7.55. The molecule has 1 aromatic carbocycles.